The van der Waals surface area contributed by atoms with Crippen molar-refractivity contribution in [2.45, 2.75) is 25.0 Å². The van der Waals surface area contributed by atoms with E-state index < -0.39 is 0 Å². The SMILES string of the molecule is C=CCC(C=C)N(c1ccccc1)c1ccc(-c2cccc(C(=C)C(=C)C(CC(=C)Cl)OC)c2C=C)c(OC)c1. The van der Waals surface area contributed by atoms with Crippen LogP contribution < -0.4 is 9.64 Å². The van der Waals surface area contributed by atoms with Crippen molar-refractivity contribution in [3.05, 3.63) is 140 Å². The fraction of sp³-hybridized carbons (Fsp3) is 0.167. The van der Waals surface area contributed by atoms with Gasteiger partial charge >= 0.3 is 0 Å². The number of hydrogen-bond donors (Lipinski definition) is 0. The van der Waals surface area contributed by atoms with Gasteiger partial charge in [-0.05, 0) is 58.5 Å². The summed E-state index contributed by atoms with van der Waals surface area (Å²) < 4.78 is 11.6. The summed E-state index contributed by atoms with van der Waals surface area (Å²) in [5.41, 5.74) is 7.28. The Morgan fingerprint density at radius 1 is 0.900 bits per heavy atom. The highest BCUT2D eigenvalue weighted by Crippen LogP contribution is 2.41. The van der Waals surface area contributed by atoms with Gasteiger partial charge in [0.25, 0.3) is 0 Å². The molecule has 0 saturated heterocycles. The quantitative estimate of drug-likeness (QED) is 0.138. The third kappa shape index (κ3) is 6.74. The van der Waals surface area contributed by atoms with E-state index in [1.54, 1.807) is 14.2 Å². The summed E-state index contributed by atoms with van der Waals surface area (Å²) in [4.78, 5) is 2.24. The van der Waals surface area contributed by atoms with E-state index in [-0.39, 0.29) is 12.1 Å². The average molecular weight is 552 g/mol. The van der Waals surface area contributed by atoms with Crippen molar-refractivity contribution >= 4 is 34.6 Å². The third-order valence-corrected chi connectivity index (χ3v) is 7.06. The first-order valence-corrected chi connectivity index (χ1v) is 13.4. The number of nitrogens with zero attached hydrogens (tertiary/aromatic N) is 1. The maximum absolute atomic E-state index is 6.07. The summed E-state index contributed by atoms with van der Waals surface area (Å²) in [6.45, 7) is 24.6. The van der Waals surface area contributed by atoms with Crippen molar-refractivity contribution in [1.29, 1.82) is 0 Å². The molecule has 3 aromatic rings. The number of rotatable bonds is 15. The van der Waals surface area contributed by atoms with Gasteiger partial charge in [0.05, 0.1) is 19.3 Å². The van der Waals surface area contributed by atoms with Crippen LogP contribution in [0.2, 0.25) is 0 Å². The lowest BCUT2D eigenvalue weighted by Gasteiger charge is -2.32. The lowest BCUT2D eigenvalue weighted by Crippen LogP contribution is -2.28. The Hall–Kier alpha value is -4.05. The van der Waals surface area contributed by atoms with E-state index in [0.29, 0.717) is 11.5 Å². The van der Waals surface area contributed by atoms with Crippen molar-refractivity contribution < 1.29 is 9.47 Å². The van der Waals surface area contributed by atoms with Gasteiger partial charge in [-0.15, -0.1) is 13.2 Å². The zero-order valence-electron chi connectivity index (χ0n) is 23.5. The Morgan fingerprint density at radius 2 is 1.62 bits per heavy atom. The van der Waals surface area contributed by atoms with Crippen LogP contribution in [0.4, 0.5) is 11.4 Å². The molecule has 2 unspecified atom stereocenters. The molecule has 0 aliphatic carbocycles. The topological polar surface area (TPSA) is 21.7 Å². The summed E-state index contributed by atoms with van der Waals surface area (Å²) in [5.74, 6) is 0.734. The largest absolute Gasteiger partial charge is 0.496 e. The van der Waals surface area contributed by atoms with Crippen LogP contribution in [0.15, 0.2) is 129 Å². The molecule has 3 nitrogen and oxygen atoms in total. The van der Waals surface area contributed by atoms with E-state index in [1.165, 1.54) is 0 Å². The Morgan fingerprint density at radius 3 is 2.20 bits per heavy atom. The normalized spacial score (nSPS) is 12.1. The van der Waals surface area contributed by atoms with Crippen molar-refractivity contribution in [2.24, 2.45) is 0 Å². The van der Waals surface area contributed by atoms with Gasteiger partial charge in [-0.3, -0.25) is 0 Å². The highest BCUT2D eigenvalue weighted by molar-refractivity contribution is 6.29. The van der Waals surface area contributed by atoms with Gasteiger partial charge < -0.3 is 14.4 Å². The predicted molar refractivity (Wildman–Crippen MR) is 174 cm³/mol. The molecule has 0 amide bonds. The van der Waals surface area contributed by atoms with Crippen molar-refractivity contribution in [2.75, 3.05) is 19.1 Å². The third-order valence-electron chi connectivity index (χ3n) is 6.90. The van der Waals surface area contributed by atoms with Crippen LogP contribution in [0.1, 0.15) is 24.0 Å². The Bertz CT molecular complexity index is 1410. The highest BCUT2D eigenvalue weighted by Gasteiger charge is 2.22. The van der Waals surface area contributed by atoms with Gasteiger partial charge in [0, 0.05) is 41.6 Å². The monoisotopic (exact) mass is 551 g/mol. The number of benzene rings is 3. The van der Waals surface area contributed by atoms with Gasteiger partial charge in [-0.25, -0.2) is 0 Å². The molecule has 4 heteroatoms. The molecule has 40 heavy (non-hydrogen) atoms. The molecule has 0 aliphatic heterocycles. The number of methoxy groups -OCH3 is 2. The zero-order valence-corrected chi connectivity index (χ0v) is 24.3. The van der Waals surface area contributed by atoms with Crippen LogP contribution in [0, 0.1) is 0 Å². The van der Waals surface area contributed by atoms with E-state index in [4.69, 9.17) is 21.1 Å². The van der Waals surface area contributed by atoms with Gasteiger partial charge in [0.15, 0.2) is 0 Å². The highest BCUT2D eigenvalue weighted by atomic mass is 35.5. The molecule has 0 saturated carbocycles. The molecule has 0 aromatic heterocycles. The second-order valence-corrected chi connectivity index (χ2v) is 9.87. The Kier molecular flexibility index (Phi) is 11.0. The molecule has 206 valence electrons. The smallest absolute Gasteiger partial charge is 0.128 e. The van der Waals surface area contributed by atoms with Crippen LogP contribution in [-0.2, 0) is 4.74 Å². The maximum Gasteiger partial charge on any atom is 0.128 e. The Balaban J connectivity index is 2.12. The Labute approximate surface area is 244 Å². The van der Waals surface area contributed by atoms with Crippen LogP contribution in [0.3, 0.4) is 0 Å². The lowest BCUT2D eigenvalue weighted by atomic mass is 9.87. The molecular formula is C36H38ClNO2. The number of hydrogen-bond acceptors (Lipinski definition) is 3. The maximum atomic E-state index is 6.07. The molecular weight excluding hydrogens is 514 g/mol. The second kappa shape index (κ2) is 14.4. The van der Waals surface area contributed by atoms with E-state index in [2.05, 4.69) is 80.8 Å². The molecule has 0 spiro atoms. The molecule has 0 bridgehead atoms. The summed E-state index contributed by atoms with van der Waals surface area (Å²) in [7, 11) is 3.32. The van der Waals surface area contributed by atoms with Crippen molar-refractivity contribution in [3.63, 3.8) is 0 Å². The molecule has 0 aliphatic rings. The molecule has 3 aromatic carbocycles. The van der Waals surface area contributed by atoms with Crippen molar-refractivity contribution in [3.8, 4) is 16.9 Å². The van der Waals surface area contributed by atoms with Gasteiger partial charge in [0.2, 0.25) is 0 Å². The van der Waals surface area contributed by atoms with E-state index in [1.807, 2.05) is 48.6 Å². The van der Waals surface area contributed by atoms with Crippen LogP contribution in [-0.4, -0.2) is 26.4 Å². The van der Waals surface area contributed by atoms with Crippen LogP contribution in [0.25, 0.3) is 22.8 Å². The molecule has 0 heterocycles. The van der Waals surface area contributed by atoms with Gasteiger partial charge in [0.1, 0.15) is 5.75 Å². The minimum absolute atomic E-state index is 0.0228. The van der Waals surface area contributed by atoms with E-state index in [9.17, 15) is 0 Å². The lowest BCUT2D eigenvalue weighted by molar-refractivity contribution is 0.137. The fourth-order valence-corrected chi connectivity index (χ4v) is 4.99. The summed E-state index contributed by atoms with van der Waals surface area (Å²) in [6, 6.07) is 22.6. The van der Waals surface area contributed by atoms with Gasteiger partial charge in [-0.1, -0.05) is 92.5 Å². The number of halogens is 1. The number of anilines is 2. The summed E-state index contributed by atoms with van der Waals surface area (Å²) in [5, 5.41) is 0.500. The predicted octanol–water partition coefficient (Wildman–Crippen LogP) is 10.0. The molecule has 0 N–H and O–H groups in total. The molecule has 0 radical (unpaired) electrons. The first kappa shape index (κ1) is 30.5. The second-order valence-electron chi connectivity index (χ2n) is 9.34. The average Bonchev–Trinajstić information content (AvgIpc) is 2.98. The van der Waals surface area contributed by atoms with E-state index >= 15 is 0 Å². The number of para-hydroxylation sites is 1. The standard InChI is InChI=1S/C36H38ClNO2/c1-9-16-28(10-2)38(29-17-13-12-14-18-29)30-21-22-34(36(24-30)40-8)33-20-15-19-32(31(33)11-3)26(5)27(6)35(39-7)23-25(4)37/h9-15,17-22,24,28,35H,1-6,16,23H2,7-8H3. The van der Waals surface area contributed by atoms with E-state index in [0.717, 1.165) is 56.9 Å². The molecule has 0 fully saturated rings. The number of ether oxygens (including phenoxy) is 2. The summed E-state index contributed by atoms with van der Waals surface area (Å²) >= 11 is 6.07. The van der Waals surface area contributed by atoms with Crippen LogP contribution in [0.5, 0.6) is 5.75 Å². The zero-order chi connectivity index (χ0) is 29.2. The summed E-state index contributed by atoms with van der Waals surface area (Å²) in [6.07, 6.45) is 6.56. The molecule has 3 rings (SSSR count). The van der Waals surface area contributed by atoms with Crippen LogP contribution >= 0.6 is 11.6 Å². The first-order valence-electron chi connectivity index (χ1n) is 13.1. The minimum atomic E-state index is -0.329. The molecule has 2 atom stereocenters. The van der Waals surface area contributed by atoms with Gasteiger partial charge in [-0.2, -0.15) is 0 Å². The van der Waals surface area contributed by atoms with Crippen molar-refractivity contribution in [1.82, 2.24) is 0 Å². The minimum Gasteiger partial charge on any atom is -0.496 e. The first-order chi connectivity index (χ1) is 19.3. The fourth-order valence-electron chi connectivity index (χ4n) is 4.85.